The van der Waals surface area contributed by atoms with Gasteiger partial charge in [0, 0.05) is 30.3 Å². The average molecular weight is 253 g/mol. The van der Waals surface area contributed by atoms with Crippen LogP contribution in [0.15, 0.2) is 12.5 Å². The van der Waals surface area contributed by atoms with Crippen LogP contribution in [0.5, 0.6) is 0 Å². The minimum Gasteiger partial charge on any atom is -0.481 e. The molecule has 1 heterocycles. The molecule has 3 N–H and O–H groups in total. The summed E-state index contributed by atoms with van der Waals surface area (Å²) in [7, 11) is 0. The van der Waals surface area contributed by atoms with E-state index in [0.29, 0.717) is 5.69 Å². The smallest absolute Gasteiger partial charge is 0.307 e. The summed E-state index contributed by atoms with van der Waals surface area (Å²) in [6, 6.07) is 0. The Balaban J connectivity index is 2.58. The van der Waals surface area contributed by atoms with Crippen LogP contribution < -0.4 is 5.32 Å². The molecule has 1 unspecified atom stereocenters. The van der Waals surface area contributed by atoms with Crippen LogP contribution in [0.4, 0.5) is 0 Å². The van der Waals surface area contributed by atoms with E-state index in [-0.39, 0.29) is 24.3 Å². The van der Waals surface area contributed by atoms with Gasteiger partial charge < -0.3 is 15.4 Å². The molecule has 0 fully saturated rings. The zero-order valence-corrected chi connectivity index (χ0v) is 10.9. The first-order valence-electron chi connectivity index (χ1n) is 5.79. The van der Waals surface area contributed by atoms with Gasteiger partial charge >= 0.3 is 5.97 Å². The van der Waals surface area contributed by atoms with Crippen molar-refractivity contribution in [3.05, 3.63) is 18.2 Å². The van der Waals surface area contributed by atoms with Crippen LogP contribution in [0, 0.1) is 5.92 Å². The number of H-pyrrole nitrogens is 1. The molecule has 1 aromatic heterocycles. The molecule has 18 heavy (non-hydrogen) atoms. The summed E-state index contributed by atoms with van der Waals surface area (Å²) in [4.78, 5) is 29.5. The second kappa shape index (κ2) is 5.66. The number of rotatable bonds is 5. The molecule has 0 spiro atoms. The van der Waals surface area contributed by atoms with Gasteiger partial charge in [0.05, 0.1) is 12.2 Å². The number of hydrogen-bond donors (Lipinski definition) is 3. The van der Waals surface area contributed by atoms with Gasteiger partial charge in [-0.15, -0.1) is 0 Å². The Kier molecular flexibility index (Phi) is 4.47. The second-order valence-electron chi connectivity index (χ2n) is 5.32. The fraction of sp³-hybridized carbons (Fsp3) is 0.583. The predicted octanol–water partition coefficient (Wildman–Crippen LogP) is 0.958. The molecule has 0 aliphatic rings. The van der Waals surface area contributed by atoms with Crippen LogP contribution in [-0.4, -0.2) is 32.5 Å². The van der Waals surface area contributed by atoms with Crippen LogP contribution >= 0.6 is 0 Å². The fourth-order valence-electron chi connectivity index (χ4n) is 1.60. The number of aliphatic carboxylic acids is 1. The highest BCUT2D eigenvalue weighted by molar-refractivity contribution is 5.82. The zero-order valence-electron chi connectivity index (χ0n) is 10.9. The number of aromatic nitrogens is 2. The quantitative estimate of drug-likeness (QED) is 0.728. The SMILES string of the molecule is CC(C)(C)NC(=O)CC(Cc1cnc[nH]1)C(=O)O. The van der Waals surface area contributed by atoms with Crippen LogP contribution in [0.1, 0.15) is 32.9 Å². The van der Waals surface area contributed by atoms with Crippen LogP contribution in [-0.2, 0) is 16.0 Å². The van der Waals surface area contributed by atoms with Crippen LogP contribution in [0.2, 0.25) is 0 Å². The summed E-state index contributed by atoms with van der Waals surface area (Å²) in [6.07, 6.45) is 3.29. The second-order valence-corrected chi connectivity index (χ2v) is 5.32. The van der Waals surface area contributed by atoms with Crippen molar-refractivity contribution >= 4 is 11.9 Å². The first kappa shape index (κ1) is 14.2. The number of carboxylic acid groups (broad SMARTS) is 1. The Morgan fingerprint density at radius 2 is 2.17 bits per heavy atom. The lowest BCUT2D eigenvalue weighted by molar-refractivity contribution is -0.144. The lowest BCUT2D eigenvalue weighted by atomic mass is 9.98. The average Bonchev–Trinajstić information content (AvgIpc) is 2.66. The number of amides is 1. The standard InChI is InChI=1S/C12H19N3O3/c1-12(2,3)15-10(16)5-8(11(17)18)4-9-6-13-7-14-9/h6-8H,4-5H2,1-3H3,(H,13,14)(H,15,16)(H,17,18). The molecule has 1 atom stereocenters. The molecule has 0 radical (unpaired) electrons. The van der Waals surface area contributed by atoms with Crippen molar-refractivity contribution in [1.82, 2.24) is 15.3 Å². The number of carbonyl (C=O) groups excluding carboxylic acids is 1. The summed E-state index contributed by atoms with van der Waals surface area (Å²) in [5.41, 5.74) is 0.361. The Labute approximate surface area is 106 Å². The van der Waals surface area contributed by atoms with Gasteiger partial charge in [0.2, 0.25) is 5.91 Å². The number of aromatic amines is 1. The molecule has 1 amide bonds. The summed E-state index contributed by atoms with van der Waals surface area (Å²) in [6.45, 7) is 5.57. The van der Waals surface area contributed by atoms with E-state index in [2.05, 4.69) is 15.3 Å². The van der Waals surface area contributed by atoms with Crippen molar-refractivity contribution in [2.45, 2.75) is 39.2 Å². The highest BCUT2D eigenvalue weighted by Gasteiger charge is 2.24. The van der Waals surface area contributed by atoms with Gasteiger partial charge in [-0.05, 0) is 20.8 Å². The lowest BCUT2D eigenvalue weighted by Gasteiger charge is -2.21. The third-order valence-corrected chi connectivity index (χ3v) is 2.32. The van der Waals surface area contributed by atoms with Crippen LogP contribution in [0.25, 0.3) is 0 Å². The number of nitrogens with zero attached hydrogens (tertiary/aromatic N) is 1. The predicted molar refractivity (Wildman–Crippen MR) is 65.9 cm³/mol. The first-order chi connectivity index (χ1) is 8.28. The van der Waals surface area contributed by atoms with Gasteiger partial charge in [-0.1, -0.05) is 0 Å². The summed E-state index contributed by atoms with van der Waals surface area (Å²) in [5, 5.41) is 11.9. The Morgan fingerprint density at radius 3 is 2.61 bits per heavy atom. The third-order valence-electron chi connectivity index (χ3n) is 2.32. The van der Waals surface area contributed by atoms with E-state index in [1.807, 2.05) is 20.8 Å². The monoisotopic (exact) mass is 253 g/mol. The maximum atomic E-state index is 11.7. The largest absolute Gasteiger partial charge is 0.481 e. The molecule has 6 nitrogen and oxygen atoms in total. The van der Waals surface area contributed by atoms with Gasteiger partial charge in [0.15, 0.2) is 0 Å². The molecular weight excluding hydrogens is 234 g/mol. The number of imidazole rings is 1. The van der Waals surface area contributed by atoms with Crippen LogP contribution in [0.3, 0.4) is 0 Å². The normalized spacial score (nSPS) is 13.1. The molecule has 0 aliphatic heterocycles. The molecule has 1 rings (SSSR count). The molecular formula is C12H19N3O3. The lowest BCUT2D eigenvalue weighted by Crippen LogP contribution is -2.42. The van der Waals surface area contributed by atoms with E-state index in [4.69, 9.17) is 5.11 Å². The van der Waals surface area contributed by atoms with Gasteiger partial charge in [0.1, 0.15) is 0 Å². The summed E-state index contributed by atoms with van der Waals surface area (Å²) >= 11 is 0. The van der Waals surface area contributed by atoms with Gasteiger partial charge in [0.25, 0.3) is 0 Å². The molecule has 6 heteroatoms. The topological polar surface area (TPSA) is 95.1 Å². The zero-order chi connectivity index (χ0) is 13.8. The maximum Gasteiger partial charge on any atom is 0.307 e. The molecule has 0 aliphatic carbocycles. The highest BCUT2D eigenvalue weighted by atomic mass is 16.4. The van der Waals surface area contributed by atoms with Crippen molar-refractivity contribution in [2.24, 2.45) is 5.92 Å². The molecule has 0 bridgehead atoms. The van der Waals surface area contributed by atoms with E-state index < -0.39 is 11.9 Å². The molecule has 0 saturated heterocycles. The van der Waals surface area contributed by atoms with E-state index in [1.165, 1.54) is 6.33 Å². The van der Waals surface area contributed by atoms with E-state index in [0.717, 1.165) is 0 Å². The van der Waals surface area contributed by atoms with Crippen molar-refractivity contribution in [3.8, 4) is 0 Å². The fourth-order valence-corrected chi connectivity index (χ4v) is 1.60. The number of carbonyl (C=O) groups is 2. The number of hydrogen-bond acceptors (Lipinski definition) is 3. The van der Waals surface area contributed by atoms with Crippen molar-refractivity contribution in [1.29, 1.82) is 0 Å². The van der Waals surface area contributed by atoms with Crippen molar-refractivity contribution < 1.29 is 14.7 Å². The third kappa shape index (κ3) is 4.99. The van der Waals surface area contributed by atoms with E-state index in [1.54, 1.807) is 6.20 Å². The Bertz CT molecular complexity index is 407. The summed E-state index contributed by atoms with van der Waals surface area (Å²) < 4.78 is 0. The van der Waals surface area contributed by atoms with E-state index in [9.17, 15) is 9.59 Å². The van der Waals surface area contributed by atoms with E-state index >= 15 is 0 Å². The minimum absolute atomic E-state index is 0.0361. The molecule has 0 aromatic carbocycles. The van der Waals surface area contributed by atoms with Crippen molar-refractivity contribution in [3.63, 3.8) is 0 Å². The maximum absolute atomic E-state index is 11.7. The van der Waals surface area contributed by atoms with Gasteiger partial charge in [-0.25, -0.2) is 4.98 Å². The summed E-state index contributed by atoms with van der Waals surface area (Å²) in [5.74, 6) is -1.98. The molecule has 0 saturated carbocycles. The Morgan fingerprint density at radius 1 is 1.50 bits per heavy atom. The van der Waals surface area contributed by atoms with Gasteiger partial charge in [-0.3, -0.25) is 9.59 Å². The van der Waals surface area contributed by atoms with Crippen molar-refractivity contribution in [2.75, 3.05) is 0 Å². The highest BCUT2D eigenvalue weighted by Crippen LogP contribution is 2.12. The number of nitrogens with one attached hydrogen (secondary N) is 2. The molecule has 100 valence electrons. The minimum atomic E-state index is -0.978. The van der Waals surface area contributed by atoms with Gasteiger partial charge in [-0.2, -0.15) is 0 Å². The molecule has 1 aromatic rings. The number of carboxylic acids is 1. The first-order valence-corrected chi connectivity index (χ1v) is 5.79. The Hall–Kier alpha value is -1.85.